The van der Waals surface area contributed by atoms with Gasteiger partial charge in [0.1, 0.15) is 11.4 Å². The molecule has 84 valence electrons. The van der Waals surface area contributed by atoms with Crippen LogP contribution in [-0.2, 0) is 6.54 Å². The Morgan fingerprint density at radius 2 is 2.25 bits per heavy atom. The quantitative estimate of drug-likeness (QED) is 0.944. The molecule has 4 nitrogen and oxygen atoms in total. The third kappa shape index (κ3) is 2.36. The smallest absolute Gasteiger partial charge is 0.127 e. The first-order valence-electron chi connectivity index (χ1n) is 4.64. The van der Waals surface area contributed by atoms with Gasteiger partial charge in [0.2, 0.25) is 0 Å². The molecule has 0 saturated carbocycles. The van der Waals surface area contributed by atoms with E-state index in [0.29, 0.717) is 11.6 Å². The van der Waals surface area contributed by atoms with Gasteiger partial charge in [-0.05, 0) is 35.0 Å². The normalized spacial score (nSPS) is 10.4. The molecular formula is C10H9BrClN3O. The summed E-state index contributed by atoms with van der Waals surface area (Å²) in [5.74, 6) is 0. The van der Waals surface area contributed by atoms with Crippen molar-refractivity contribution >= 4 is 33.2 Å². The molecule has 0 atom stereocenters. The van der Waals surface area contributed by atoms with E-state index in [4.69, 9.17) is 11.6 Å². The molecule has 0 radical (unpaired) electrons. The minimum atomic E-state index is 0.550. The van der Waals surface area contributed by atoms with Gasteiger partial charge in [-0.1, -0.05) is 28.0 Å². The summed E-state index contributed by atoms with van der Waals surface area (Å²) in [6.07, 6.45) is 0. The number of benzene rings is 1. The zero-order valence-corrected chi connectivity index (χ0v) is 10.8. The molecule has 0 saturated heterocycles. The van der Waals surface area contributed by atoms with Gasteiger partial charge in [0.25, 0.3) is 0 Å². The van der Waals surface area contributed by atoms with Crippen molar-refractivity contribution in [2.24, 2.45) is 0 Å². The standard InChI is InChI=1S/C10H9BrClN3O/c1-6-9(15-16-14-6)5-13-8-4-2-3-7(12)10(8)11/h2-4,13H,5H2,1H3. The fourth-order valence-corrected chi connectivity index (χ4v) is 1.81. The van der Waals surface area contributed by atoms with E-state index in [-0.39, 0.29) is 0 Å². The molecule has 0 bridgehead atoms. The Bertz CT molecular complexity index is 501. The highest BCUT2D eigenvalue weighted by Gasteiger charge is 2.07. The van der Waals surface area contributed by atoms with E-state index in [1.165, 1.54) is 0 Å². The molecule has 0 aliphatic rings. The first-order chi connectivity index (χ1) is 7.68. The largest absolute Gasteiger partial charge is 0.378 e. The molecule has 2 aromatic rings. The van der Waals surface area contributed by atoms with Crippen molar-refractivity contribution in [2.75, 3.05) is 5.32 Å². The maximum Gasteiger partial charge on any atom is 0.127 e. The number of hydrogen-bond acceptors (Lipinski definition) is 4. The second-order valence-corrected chi connectivity index (χ2v) is 4.45. The molecule has 2 rings (SSSR count). The molecule has 1 aromatic carbocycles. The van der Waals surface area contributed by atoms with Crippen LogP contribution in [0.15, 0.2) is 27.3 Å². The third-order valence-corrected chi connectivity index (χ3v) is 3.54. The Labute approximate surface area is 106 Å². The zero-order valence-electron chi connectivity index (χ0n) is 8.50. The monoisotopic (exact) mass is 301 g/mol. The van der Waals surface area contributed by atoms with Crippen LogP contribution in [0.2, 0.25) is 5.02 Å². The Hall–Kier alpha value is -1.07. The van der Waals surface area contributed by atoms with Crippen molar-refractivity contribution in [2.45, 2.75) is 13.5 Å². The maximum absolute atomic E-state index is 5.97. The minimum absolute atomic E-state index is 0.550. The number of aryl methyl sites for hydroxylation is 1. The fourth-order valence-electron chi connectivity index (χ4n) is 1.23. The molecule has 0 fully saturated rings. The van der Waals surface area contributed by atoms with E-state index >= 15 is 0 Å². The summed E-state index contributed by atoms with van der Waals surface area (Å²) in [6.45, 7) is 2.40. The summed E-state index contributed by atoms with van der Waals surface area (Å²) in [7, 11) is 0. The molecule has 0 spiro atoms. The lowest BCUT2D eigenvalue weighted by molar-refractivity contribution is 0.301. The van der Waals surface area contributed by atoms with Gasteiger partial charge in [-0.15, -0.1) is 0 Å². The maximum atomic E-state index is 5.97. The van der Waals surface area contributed by atoms with Gasteiger partial charge in [0.15, 0.2) is 0 Å². The van der Waals surface area contributed by atoms with Gasteiger partial charge in [-0.25, -0.2) is 4.63 Å². The predicted molar refractivity (Wildman–Crippen MR) is 65.5 cm³/mol. The Morgan fingerprint density at radius 3 is 2.94 bits per heavy atom. The van der Waals surface area contributed by atoms with Crippen molar-refractivity contribution in [1.82, 2.24) is 10.3 Å². The lowest BCUT2D eigenvalue weighted by atomic mass is 10.3. The molecule has 6 heteroatoms. The van der Waals surface area contributed by atoms with Crippen LogP contribution >= 0.6 is 27.5 Å². The zero-order chi connectivity index (χ0) is 11.5. The first kappa shape index (κ1) is 11.4. The number of nitrogens with zero attached hydrogens (tertiary/aromatic N) is 2. The molecule has 0 aliphatic carbocycles. The summed E-state index contributed by atoms with van der Waals surface area (Å²) < 4.78 is 5.45. The van der Waals surface area contributed by atoms with E-state index in [0.717, 1.165) is 21.5 Å². The van der Waals surface area contributed by atoms with Crippen LogP contribution in [0.4, 0.5) is 5.69 Å². The highest BCUT2D eigenvalue weighted by Crippen LogP contribution is 2.30. The first-order valence-corrected chi connectivity index (χ1v) is 5.81. The molecule has 0 amide bonds. The minimum Gasteiger partial charge on any atom is -0.378 e. The van der Waals surface area contributed by atoms with Gasteiger partial charge < -0.3 is 5.32 Å². The summed E-state index contributed by atoms with van der Waals surface area (Å²) in [5.41, 5.74) is 2.48. The second-order valence-electron chi connectivity index (χ2n) is 3.25. The summed E-state index contributed by atoms with van der Waals surface area (Å²) in [4.78, 5) is 0. The van der Waals surface area contributed by atoms with Crippen molar-refractivity contribution in [1.29, 1.82) is 0 Å². The molecule has 16 heavy (non-hydrogen) atoms. The number of halogens is 2. The van der Waals surface area contributed by atoms with Crippen molar-refractivity contribution in [3.8, 4) is 0 Å². The summed E-state index contributed by atoms with van der Waals surface area (Å²) in [5, 5.41) is 11.4. The summed E-state index contributed by atoms with van der Waals surface area (Å²) >= 11 is 9.38. The van der Waals surface area contributed by atoms with Crippen LogP contribution < -0.4 is 5.32 Å². The fraction of sp³-hybridized carbons (Fsp3) is 0.200. The number of hydrogen-bond donors (Lipinski definition) is 1. The number of aromatic nitrogens is 2. The van der Waals surface area contributed by atoms with Crippen LogP contribution in [0.5, 0.6) is 0 Å². The van der Waals surface area contributed by atoms with Crippen molar-refractivity contribution in [3.63, 3.8) is 0 Å². The molecule has 1 N–H and O–H groups in total. The van der Waals surface area contributed by atoms with Crippen LogP contribution in [0.1, 0.15) is 11.4 Å². The van der Waals surface area contributed by atoms with Crippen LogP contribution in [0.25, 0.3) is 0 Å². The predicted octanol–water partition coefficient (Wildman–Crippen LogP) is 3.41. The lowest BCUT2D eigenvalue weighted by Gasteiger charge is -2.07. The summed E-state index contributed by atoms with van der Waals surface area (Å²) in [6, 6.07) is 5.63. The van der Waals surface area contributed by atoms with E-state index in [2.05, 4.69) is 36.2 Å². The van der Waals surface area contributed by atoms with Gasteiger partial charge >= 0.3 is 0 Å². The molecule has 0 aliphatic heterocycles. The van der Waals surface area contributed by atoms with Crippen LogP contribution in [0, 0.1) is 6.92 Å². The van der Waals surface area contributed by atoms with Crippen molar-refractivity contribution < 1.29 is 4.63 Å². The average Bonchev–Trinajstić information content (AvgIpc) is 2.67. The van der Waals surface area contributed by atoms with E-state index in [1.807, 2.05) is 25.1 Å². The lowest BCUT2D eigenvalue weighted by Crippen LogP contribution is -2.01. The Morgan fingerprint density at radius 1 is 1.44 bits per heavy atom. The second kappa shape index (κ2) is 4.84. The van der Waals surface area contributed by atoms with Crippen LogP contribution in [-0.4, -0.2) is 10.3 Å². The Balaban J connectivity index is 2.11. The Kier molecular flexibility index (Phi) is 3.46. The van der Waals surface area contributed by atoms with E-state index in [1.54, 1.807) is 0 Å². The molecule has 0 unspecified atom stereocenters. The van der Waals surface area contributed by atoms with Crippen LogP contribution in [0.3, 0.4) is 0 Å². The van der Waals surface area contributed by atoms with Gasteiger partial charge in [-0.2, -0.15) is 0 Å². The number of rotatable bonds is 3. The molecule has 1 aromatic heterocycles. The van der Waals surface area contributed by atoms with Crippen molar-refractivity contribution in [3.05, 3.63) is 39.1 Å². The number of nitrogens with one attached hydrogen (secondary N) is 1. The molecule has 1 heterocycles. The van der Waals surface area contributed by atoms with E-state index < -0.39 is 0 Å². The third-order valence-electron chi connectivity index (χ3n) is 2.14. The van der Waals surface area contributed by atoms with E-state index in [9.17, 15) is 0 Å². The number of anilines is 1. The highest BCUT2D eigenvalue weighted by atomic mass is 79.9. The van der Waals surface area contributed by atoms with Gasteiger partial charge in [-0.3, -0.25) is 0 Å². The highest BCUT2D eigenvalue weighted by molar-refractivity contribution is 9.10. The SMILES string of the molecule is Cc1nonc1CNc1cccc(Cl)c1Br. The topological polar surface area (TPSA) is 51.0 Å². The van der Waals surface area contributed by atoms with Gasteiger partial charge in [0.05, 0.1) is 21.7 Å². The van der Waals surface area contributed by atoms with Gasteiger partial charge in [0, 0.05) is 0 Å². The average molecular weight is 303 g/mol. The molecular weight excluding hydrogens is 293 g/mol.